The molecule has 1 amide bonds. The number of amides is 1. The van der Waals surface area contributed by atoms with Gasteiger partial charge in [0.15, 0.2) is 0 Å². The van der Waals surface area contributed by atoms with E-state index in [0.29, 0.717) is 23.2 Å². The minimum atomic E-state index is -0.254. The summed E-state index contributed by atoms with van der Waals surface area (Å²) >= 11 is 6.11. The summed E-state index contributed by atoms with van der Waals surface area (Å²) in [5, 5.41) is 8.22. The van der Waals surface area contributed by atoms with Gasteiger partial charge in [0.05, 0.1) is 18.8 Å². The van der Waals surface area contributed by atoms with Crippen molar-refractivity contribution in [2.75, 3.05) is 7.11 Å². The number of benzene rings is 3. The van der Waals surface area contributed by atoms with Gasteiger partial charge in [-0.05, 0) is 46.9 Å². The molecule has 1 N–H and O–H groups in total. The SMILES string of the molecule is COc1ccc(CN2C(=O)c3[nH]nc(-c4ccc(Cl)cc4)c3C2c2ccc(C(C)C)cc2)cc1. The van der Waals surface area contributed by atoms with E-state index in [9.17, 15) is 4.79 Å². The molecule has 1 aromatic heterocycles. The standard InChI is InChI=1S/C28H26ClN3O2/c1-17(2)19-6-8-21(9-7-19)27-24-25(20-10-12-22(29)13-11-20)30-31-26(24)28(33)32(27)16-18-4-14-23(34-3)15-5-18/h4-15,17,27H,16H2,1-3H3,(H,30,31). The number of methoxy groups -OCH3 is 1. The molecule has 172 valence electrons. The number of nitrogens with zero attached hydrogens (tertiary/aromatic N) is 2. The van der Waals surface area contributed by atoms with Crippen molar-refractivity contribution < 1.29 is 9.53 Å². The summed E-state index contributed by atoms with van der Waals surface area (Å²) in [4.78, 5) is 15.5. The fourth-order valence-electron chi connectivity index (χ4n) is 4.52. The number of aromatic nitrogens is 2. The lowest BCUT2D eigenvalue weighted by Gasteiger charge is -2.27. The van der Waals surface area contributed by atoms with Gasteiger partial charge < -0.3 is 9.64 Å². The number of hydrogen-bond acceptors (Lipinski definition) is 3. The Kier molecular flexibility index (Phi) is 5.88. The minimum Gasteiger partial charge on any atom is -0.497 e. The molecule has 1 aliphatic heterocycles. The van der Waals surface area contributed by atoms with Gasteiger partial charge in [-0.15, -0.1) is 0 Å². The van der Waals surface area contributed by atoms with Gasteiger partial charge in [0, 0.05) is 22.7 Å². The molecule has 1 atom stereocenters. The average molecular weight is 472 g/mol. The van der Waals surface area contributed by atoms with Crippen LogP contribution < -0.4 is 4.74 Å². The molecule has 3 aromatic carbocycles. The van der Waals surface area contributed by atoms with Gasteiger partial charge in [0.25, 0.3) is 5.91 Å². The molecule has 5 nitrogen and oxygen atoms in total. The zero-order valence-corrected chi connectivity index (χ0v) is 20.1. The molecule has 1 unspecified atom stereocenters. The maximum atomic E-state index is 13.6. The van der Waals surface area contributed by atoms with Crippen LogP contribution >= 0.6 is 11.6 Å². The molecule has 0 aliphatic carbocycles. The van der Waals surface area contributed by atoms with Gasteiger partial charge in [0.2, 0.25) is 0 Å². The molecular formula is C28H26ClN3O2. The highest BCUT2D eigenvalue weighted by Crippen LogP contribution is 2.43. The molecule has 2 heterocycles. The number of carbonyl (C=O) groups excluding carboxylic acids is 1. The summed E-state index contributed by atoms with van der Waals surface area (Å²) < 4.78 is 5.29. The van der Waals surface area contributed by atoms with Crippen molar-refractivity contribution in [3.05, 3.63) is 106 Å². The summed E-state index contributed by atoms with van der Waals surface area (Å²) in [5.74, 6) is 1.16. The Morgan fingerprint density at radius 3 is 2.29 bits per heavy atom. The molecule has 0 fully saturated rings. The van der Waals surface area contributed by atoms with Gasteiger partial charge in [-0.2, -0.15) is 5.10 Å². The predicted octanol–water partition coefficient (Wildman–Crippen LogP) is 6.61. The molecule has 5 rings (SSSR count). The second-order valence-electron chi connectivity index (χ2n) is 8.87. The third-order valence-electron chi connectivity index (χ3n) is 6.41. The zero-order valence-electron chi connectivity index (χ0n) is 19.4. The zero-order chi connectivity index (χ0) is 23.8. The topological polar surface area (TPSA) is 58.2 Å². The smallest absolute Gasteiger partial charge is 0.273 e. The molecule has 0 saturated carbocycles. The van der Waals surface area contributed by atoms with Crippen LogP contribution in [0, 0.1) is 0 Å². The van der Waals surface area contributed by atoms with E-state index in [0.717, 1.165) is 33.7 Å². The van der Waals surface area contributed by atoms with Gasteiger partial charge >= 0.3 is 0 Å². The number of fused-ring (bicyclic) bond motifs is 1. The van der Waals surface area contributed by atoms with Crippen LogP contribution in [0.2, 0.25) is 5.02 Å². The first-order chi connectivity index (χ1) is 16.5. The van der Waals surface area contributed by atoms with Crippen molar-refractivity contribution in [3.63, 3.8) is 0 Å². The van der Waals surface area contributed by atoms with Gasteiger partial charge in [-0.1, -0.05) is 74.0 Å². The summed E-state index contributed by atoms with van der Waals surface area (Å²) in [6.45, 7) is 4.83. The Morgan fingerprint density at radius 1 is 1.00 bits per heavy atom. The molecule has 4 aromatic rings. The largest absolute Gasteiger partial charge is 0.497 e. The molecule has 0 bridgehead atoms. The van der Waals surface area contributed by atoms with E-state index < -0.39 is 0 Å². The molecule has 0 saturated heterocycles. The van der Waals surface area contributed by atoms with E-state index >= 15 is 0 Å². The highest BCUT2D eigenvalue weighted by atomic mass is 35.5. The normalized spacial score (nSPS) is 15.1. The van der Waals surface area contributed by atoms with E-state index in [1.54, 1.807) is 7.11 Å². The third-order valence-corrected chi connectivity index (χ3v) is 6.66. The van der Waals surface area contributed by atoms with E-state index in [1.165, 1.54) is 5.56 Å². The highest BCUT2D eigenvalue weighted by molar-refractivity contribution is 6.30. The fourth-order valence-corrected chi connectivity index (χ4v) is 4.65. The lowest BCUT2D eigenvalue weighted by atomic mass is 9.93. The number of nitrogens with one attached hydrogen (secondary N) is 1. The Labute approximate surface area is 204 Å². The molecule has 1 aliphatic rings. The second kappa shape index (κ2) is 8.99. The number of hydrogen-bond donors (Lipinski definition) is 1. The van der Waals surface area contributed by atoms with Crippen molar-refractivity contribution in [2.45, 2.75) is 32.4 Å². The number of H-pyrrole nitrogens is 1. The van der Waals surface area contributed by atoms with Crippen LogP contribution in [0.15, 0.2) is 72.8 Å². The monoisotopic (exact) mass is 471 g/mol. The molecule has 34 heavy (non-hydrogen) atoms. The molecule has 6 heteroatoms. The Morgan fingerprint density at radius 2 is 1.68 bits per heavy atom. The van der Waals surface area contributed by atoms with Crippen molar-refractivity contribution in [3.8, 4) is 17.0 Å². The van der Waals surface area contributed by atoms with Crippen LogP contribution in [0.3, 0.4) is 0 Å². The van der Waals surface area contributed by atoms with E-state index in [2.05, 4.69) is 48.3 Å². The number of rotatable bonds is 6. The van der Waals surface area contributed by atoms with Crippen LogP contribution in [0.1, 0.15) is 58.5 Å². The van der Waals surface area contributed by atoms with Crippen LogP contribution in [-0.4, -0.2) is 28.1 Å². The van der Waals surface area contributed by atoms with Gasteiger partial charge in [-0.25, -0.2) is 0 Å². The molecular weight excluding hydrogens is 446 g/mol. The highest BCUT2D eigenvalue weighted by Gasteiger charge is 2.42. The summed E-state index contributed by atoms with van der Waals surface area (Å²) in [6.07, 6.45) is 0. The van der Waals surface area contributed by atoms with Crippen LogP contribution in [0.25, 0.3) is 11.3 Å². The maximum Gasteiger partial charge on any atom is 0.273 e. The summed E-state index contributed by atoms with van der Waals surface area (Å²) in [7, 11) is 1.65. The van der Waals surface area contributed by atoms with Gasteiger partial charge in [0.1, 0.15) is 11.4 Å². The van der Waals surface area contributed by atoms with Crippen molar-refractivity contribution in [1.82, 2.24) is 15.1 Å². The number of aromatic amines is 1. The second-order valence-corrected chi connectivity index (χ2v) is 9.31. The number of halogens is 1. The van der Waals surface area contributed by atoms with Crippen LogP contribution in [-0.2, 0) is 6.54 Å². The first-order valence-electron chi connectivity index (χ1n) is 11.3. The number of carbonyl (C=O) groups is 1. The Hall–Kier alpha value is -3.57. The Bertz CT molecular complexity index is 1310. The summed E-state index contributed by atoms with van der Waals surface area (Å²) in [6, 6.07) is 23.7. The lowest BCUT2D eigenvalue weighted by Crippen LogP contribution is -2.29. The van der Waals surface area contributed by atoms with Crippen molar-refractivity contribution in [2.24, 2.45) is 0 Å². The molecule has 0 radical (unpaired) electrons. The first-order valence-corrected chi connectivity index (χ1v) is 11.7. The van der Waals surface area contributed by atoms with Gasteiger partial charge in [-0.3, -0.25) is 9.89 Å². The summed E-state index contributed by atoms with van der Waals surface area (Å²) in [5.41, 5.74) is 6.49. The average Bonchev–Trinajstić information content (AvgIpc) is 3.39. The third kappa shape index (κ3) is 3.97. The fraction of sp³-hybridized carbons (Fsp3) is 0.214. The van der Waals surface area contributed by atoms with E-state index in [-0.39, 0.29) is 11.9 Å². The van der Waals surface area contributed by atoms with Crippen molar-refractivity contribution >= 4 is 17.5 Å². The quantitative estimate of drug-likeness (QED) is 0.344. The predicted molar refractivity (Wildman–Crippen MR) is 134 cm³/mol. The Balaban J connectivity index is 1.60. The minimum absolute atomic E-state index is 0.0588. The van der Waals surface area contributed by atoms with Crippen LogP contribution in [0.5, 0.6) is 5.75 Å². The maximum absolute atomic E-state index is 13.6. The lowest BCUT2D eigenvalue weighted by molar-refractivity contribution is 0.0730. The van der Waals surface area contributed by atoms with E-state index in [1.807, 2.05) is 53.4 Å². The van der Waals surface area contributed by atoms with Crippen LogP contribution in [0.4, 0.5) is 0 Å². The van der Waals surface area contributed by atoms with E-state index in [4.69, 9.17) is 16.3 Å². The molecule has 0 spiro atoms. The number of ether oxygens (including phenoxy) is 1. The van der Waals surface area contributed by atoms with Crippen molar-refractivity contribution in [1.29, 1.82) is 0 Å². The first kappa shape index (κ1) is 22.2.